The molecule has 0 saturated carbocycles. The predicted octanol–water partition coefficient (Wildman–Crippen LogP) is 3.42. The molecular weight excluding hydrogens is 326 g/mol. The van der Waals surface area contributed by atoms with Gasteiger partial charge in [0.25, 0.3) is 0 Å². The van der Waals surface area contributed by atoms with E-state index in [1.807, 2.05) is 17.0 Å². The topological polar surface area (TPSA) is 38.8 Å². The van der Waals surface area contributed by atoms with E-state index in [2.05, 4.69) is 26.0 Å². The van der Waals surface area contributed by atoms with Crippen LogP contribution in [0.5, 0.6) is 0 Å². The average Bonchev–Trinajstić information content (AvgIpc) is 2.55. The number of nitrogens with zero attached hydrogens (tertiary/aromatic N) is 1. The van der Waals surface area contributed by atoms with E-state index >= 15 is 0 Å². The summed E-state index contributed by atoms with van der Waals surface area (Å²) >= 11 is 6.07. The molecule has 24 heavy (non-hydrogen) atoms. The quantitative estimate of drug-likeness (QED) is 0.837. The molecule has 2 aliphatic rings. The zero-order chi connectivity index (χ0) is 17.2. The van der Waals surface area contributed by atoms with Crippen molar-refractivity contribution in [3.63, 3.8) is 0 Å². The van der Waals surface area contributed by atoms with Crippen LogP contribution in [-0.4, -0.2) is 49.3 Å². The van der Waals surface area contributed by atoms with Gasteiger partial charge in [-0.3, -0.25) is 4.79 Å². The van der Waals surface area contributed by atoms with Gasteiger partial charge in [-0.25, -0.2) is 0 Å². The van der Waals surface area contributed by atoms with Gasteiger partial charge in [-0.1, -0.05) is 23.7 Å². The van der Waals surface area contributed by atoms with Crippen molar-refractivity contribution in [2.75, 3.05) is 32.9 Å². The first-order chi connectivity index (χ1) is 11.4. The van der Waals surface area contributed by atoms with Gasteiger partial charge in [0.15, 0.2) is 0 Å². The fourth-order valence-corrected chi connectivity index (χ4v) is 4.12. The van der Waals surface area contributed by atoms with E-state index in [4.69, 9.17) is 21.1 Å². The molecule has 0 aliphatic carbocycles. The van der Waals surface area contributed by atoms with E-state index in [-0.39, 0.29) is 16.9 Å². The lowest BCUT2D eigenvalue weighted by Gasteiger charge is -2.46. The van der Waals surface area contributed by atoms with Gasteiger partial charge >= 0.3 is 0 Å². The number of amides is 1. The van der Waals surface area contributed by atoms with E-state index in [1.165, 1.54) is 5.56 Å². The van der Waals surface area contributed by atoms with E-state index in [0.29, 0.717) is 39.3 Å². The summed E-state index contributed by atoms with van der Waals surface area (Å²) in [5.74, 6) is 0.214. The van der Waals surface area contributed by atoms with Gasteiger partial charge in [0.1, 0.15) is 0 Å². The number of rotatable bonds is 3. The Labute approximate surface area is 149 Å². The Morgan fingerprint density at radius 2 is 1.83 bits per heavy atom. The molecule has 2 heterocycles. The second-order valence-corrected chi connectivity index (χ2v) is 7.93. The molecule has 1 amide bonds. The van der Waals surface area contributed by atoms with Crippen LogP contribution in [0.3, 0.4) is 0 Å². The first-order valence-corrected chi connectivity index (χ1v) is 9.04. The monoisotopic (exact) mass is 351 g/mol. The van der Waals surface area contributed by atoms with Crippen LogP contribution < -0.4 is 0 Å². The van der Waals surface area contributed by atoms with Crippen molar-refractivity contribution in [3.8, 4) is 0 Å². The molecule has 0 bridgehead atoms. The second kappa shape index (κ2) is 7.03. The number of carbonyl (C=O) groups excluding carboxylic acids is 1. The second-order valence-electron chi connectivity index (χ2n) is 7.49. The highest BCUT2D eigenvalue weighted by molar-refractivity contribution is 6.30. The van der Waals surface area contributed by atoms with Crippen LogP contribution >= 0.6 is 11.6 Å². The summed E-state index contributed by atoms with van der Waals surface area (Å²) in [7, 11) is 0. The van der Waals surface area contributed by atoms with E-state index in [0.717, 1.165) is 17.9 Å². The Morgan fingerprint density at radius 3 is 2.46 bits per heavy atom. The number of hydrogen-bond acceptors (Lipinski definition) is 3. The summed E-state index contributed by atoms with van der Waals surface area (Å²) in [6.07, 6.45) is 2.20. The van der Waals surface area contributed by atoms with Crippen LogP contribution in [0.1, 0.15) is 38.7 Å². The lowest BCUT2D eigenvalue weighted by molar-refractivity contribution is -0.140. The normalized spacial score (nSPS) is 27.0. The first-order valence-electron chi connectivity index (χ1n) is 8.66. The highest BCUT2D eigenvalue weighted by atomic mass is 35.5. The third-order valence-electron chi connectivity index (χ3n) is 5.15. The summed E-state index contributed by atoms with van der Waals surface area (Å²) in [6.45, 7) is 7.53. The third-order valence-corrected chi connectivity index (χ3v) is 5.40. The molecule has 5 heteroatoms. The molecule has 0 aromatic heterocycles. The number of benzene rings is 1. The summed E-state index contributed by atoms with van der Waals surface area (Å²) in [5.41, 5.74) is 0.759. The van der Waals surface area contributed by atoms with Crippen LogP contribution in [0.2, 0.25) is 5.02 Å². The largest absolute Gasteiger partial charge is 0.378 e. The maximum atomic E-state index is 12.9. The molecule has 0 radical (unpaired) electrons. The Kier molecular flexibility index (Phi) is 5.19. The van der Waals surface area contributed by atoms with Crippen molar-refractivity contribution in [1.29, 1.82) is 0 Å². The van der Waals surface area contributed by atoms with Crippen molar-refractivity contribution < 1.29 is 14.3 Å². The molecule has 2 saturated heterocycles. The molecular formula is C19H26ClNO3. The van der Waals surface area contributed by atoms with Gasteiger partial charge in [-0.05, 0) is 44.4 Å². The van der Waals surface area contributed by atoms with Crippen molar-refractivity contribution in [1.82, 2.24) is 4.90 Å². The minimum Gasteiger partial charge on any atom is -0.378 e. The van der Waals surface area contributed by atoms with E-state index in [9.17, 15) is 4.79 Å². The molecule has 0 unspecified atom stereocenters. The lowest BCUT2D eigenvalue weighted by Crippen LogP contribution is -2.48. The van der Waals surface area contributed by atoms with Gasteiger partial charge in [0, 0.05) is 36.6 Å². The maximum Gasteiger partial charge on any atom is 0.223 e. The van der Waals surface area contributed by atoms with E-state index in [1.54, 1.807) is 0 Å². The number of halogens is 1. The van der Waals surface area contributed by atoms with Crippen molar-refractivity contribution >= 4 is 17.5 Å². The van der Waals surface area contributed by atoms with Crippen molar-refractivity contribution in [3.05, 3.63) is 34.9 Å². The van der Waals surface area contributed by atoms with Crippen molar-refractivity contribution in [2.24, 2.45) is 0 Å². The smallest absolute Gasteiger partial charge is 0.223 e. The highest BCUT2D eigenvalue weighted by Gasteiger charge is 2.44. The maximum absolute atomic E-state index is 12.9. The minimum atomic E-state index is -0.233. The SMILES string of the molecule is CC1(C)C[C@](CC(=O)N2CCOCC2)(c2ccc(Cl)cc2)CCO1. The summed E-state index contributed by atoms with van der Waals surface area (Å²) < 4.78 is 11.3. The summed E-state index contributed by atoms with van der Waals surface area (Å²) in [4.78, 5) is 14.9. The molecule has 4 nitrogen and oxygen atoms in total. The van der Waals surface area contributed by atoms with E-state index < -0.39 is 0 Å². The number of carbonyl (C=O) groups is 1. The first kappa shape index (κ1) is 17.7. The van der Waals surface area contributed by atoms with Gasteiger partial charge in [0.2, 0.25) is 5.91 Å². The molecule has 132 valence electrons. The predicted molar refractivity (Wildman–Crippen MR) is 94.4 cm³/mol. The molecule has 2 fully saturated rings. The molecule has 2 aliphatic heterocycles. The molecule has 1 aromatic rings. The van der Waals surface area contributed by atoms with Crippen LogP contribution in [0, 0.1) is 0 Å². The zero-order valence-electron chi connectivity index (χ0n) is 14.5. The summed E-state index contributed by atoms with van der Waals surface area (Å²) in [5, 5.41) is 0.722. The fourth-order valence-electron chi connectivity index (χ4n) is 3.99. The standard InChI is InChI=1S/C19H26ClNO3/c1-18(2)14-19(7-10-24-18,15-3-5-16(20)6-4-15)13-17(22)21-8-11-23-12-9-21/h3-6H,7-14H2,1-2H3/t19-/m0/s1. The minimum absolute atomic E-state index is 0.193. The van der Waals surface area contributed by atoms with Gasteiger partial charge in [-0.2, -0.15) is 0 Å². The number of ether oxygens (including phenoxy) is 2. The average molecular weight is 352 g/mol. The third kappa shape index (κ3) is 3.93. The van der Waals surface area contributed by atoms with Gasteiger partial charge in [0.05, 0.1) is 18.8 Å². The van der Waals surface area contributed by atoms with Crippen LogP contribution in [-0.2, 0) is 19.7 Å². The van der Waals surface area contributed by atoms with Gasteiger partial charge < -0.3 is 14.4 Å². The Hall–Kier alpha value is -1.10. The molecule has 1 aromatic carbocycles. The number of morpholine rings is 1. The summed E-state index contributed by atoms with van der Waals surface area (Å²) in [6, 6.07) is 7.97. The molecule has 3 rings (SSSR count). The Balaban J connectivity index is 1.87. The van der Waals surface area contributed by atoms with Crippen molar-refractivity contribution in [2.45, 2.75) is 44.1 Å². The Bertz CT molecular complexity index is 581. The highest BCUT2D eigenvalue weighted by Crippen LogP contribution is 2.44. The van der Waals surface area contributed by atoms with Crippen LogP contribution in [0.25, 0.3) is 0 Å². The lowest BCUT2D eigenvalue weighted by atomic mass is 9.67. The molecule has 1 atom stereocenters. The molecule has 0 N–H and O–H groups in total. The zero-order valence-corrected chi connectivity index (χ0v) is 15.3. The molecule has 0 spiro atoms. The Morgan fingerprint density at radius 1 is 1.17 bits per heavy atom. The van der Waals surface area contributed by atoms with Crippen LogP contribution in [0.15, 0.2) is 24.3 Å². The number of hydrogen-bond donors (Lipinski definition) is 0. The fraction of sp³-hybridized carbons (Fsp3) is 0.632. The van der Waals surface area contributed by atoms with Gasteiger partial charge in [-0.15, -0.1) is 0 Å². The van der Waals surface area contributed by atoms with Crippen LogP contribution in [0.4, 0.5) is 0 Å².